The molecule has 6 aliphatic rings. The maximum atomic E-state index is 14.5. The summed E-state index contributed by atoms with van der Waals surface area (Å²) >= 11 is 0. The summed E-state index contributed by atoms with van der Waals surface area (Å²) in [6.45, 7) is 6.02. The maximum Gasteiger partial charge on any atom is 0.331 e. The summed E-state index contributed by atoms with van der Waals surface area (Å²) in [7, 11) is 21.6. The lowest BCUT2D eigenvalue weighted by molar-refractivity contribution is -0.175. The number of ether oxygens (including phenoxy) is 6. The highest BCUT2D eigenvalue weighted by atomic mass is 16.7. The molecule has 75 heavy (non-hydrogen) atoms. The normalized spacial score (nSPS) is 23.2. The first-order chi connectivity index (χ1) is 36.3. The van der Waals surface area contributed by atoms with E-state index in [1.165, 1.54) is 19.2 Å². The molecule has 0 aromatic heterocycles. The monoisotopic (exact) mass is 995 g/mol. The van der Waals surface area contributed by atoms with Gasteiger partial charge in [0, 0.05) is 117 Å². The second-order valence-electron chi connectivity index (χ2n) is 19.4. The smallest absolute Gasteiger partial charge is 0.331 e. The first kappa shape index (κ1) is 55.3. The summed E-state index contributed by atoms with van der Waals surface area (Å²) in [6, 6.07) is 38.3. The number of para-hydroxylation sites is 4. The first-order valence-corrected chi connectivity index (χ1v) is 25.7. The molecular formula is C56H58B7N2O10. The third kappa shape index (κ3) is 13.7. The predicted molar refractivity (Wildman–Crippen MR) is 297 cm³/mol. The molecule has 9 radical (unpaired) electrons. The van der Waals surface area contributed by atoms with Gasteiger partial charge in [0.1, 0.15) is 12.2 Å². The van der Waals surface area contributed by atoms with Gasteiger partial charge in [-0.05, 0) is 92.8 Å². The number of amides is 2. The highest BCUT2D eigenvalue weighted by molar-refractivity contribution is 7.81. The molecule has 10 rings (SSSR count). The number of hydrogen-bond acceptors (Lipinski definition) is 10. The summed E-state index contributed by atoms with van der Waals surface area (Å²) in [6.07, 6.45) is 12.9. The average molecular weight is 995 g/mol. The number of benzene rings is 4. The van der Waals surface area contributed by atoms with E-state index in [-0.39, 0.29) is 48.0 Å². The van der Waals surface area contributed by atoms with Crippen LogP contribution >= 0.6 is 0 Å². The van der Waals surface area contributed by atoms with E-state index < -0.39 is 36.0 Å². The molecule has 2 amide bonds. The predicted octanol–water partition coefficient (Wildman–Crippen LogP) is 7.21. The summed E-state index contributed by atoms with van der Waals surface area (Å²) in [5.74, 6) is -3.04. The molecule has 2 spiro atoms. The van der Waals surface area contributed by atoms with E-state index in [2.05, 4.69) is 12.2 Å². The Labute approximate surface area is 447 Å². The minimum atomic E-state index is -0.616. The molecule has 6 atom stereocenters. The highest BCUT2D eigenvalue weighted by Gasteiger charge is 2.57. The Bertz CT molecular complexity index is 2610. The van der Waals surface area contributed by atoms with Crippen molar-refractivity contribution in [2.75, 3.05) is 36.2 Å². The van der Waals surface area contributed by atoms with Crippen LogP contribution in [0.25, 0.3) is 0 Å². The molecule has 3 aliphatic heterocycles. The van der Waals surface area contributed by atoms with E-state index in [0.29, 0.717) is 39.3 Å². The summed E-state index contributed by atoms with van der Waals surface area (Å²) in [5.41, 5.74) is 5.23. The van der Waals surface area contributed by atoms with Crippen LogP contribution in [0.1, 0.15) is 52.4 Å². The fourth-order valence-corrected chi connectivity index (χ4v) is 10.7. The van der Waals surface area contributed by atoms with Gasteiger partial charge >= 0.3 is 11.9 Å². The molecule has 4 aromatic carbocycles. The van der Waals surface area contributed by atoms with Crippen molar-refractivity contribution in [1.29, 1.82) is 0 Å². The van der Waals surface area contributed by atoms with Gasteiger partial charge in [0.15, 0.2) is 11.6 Å². The van der Waals surface area contributed by atoms with E-state index in [9.17, 15) is 19.2 Å². The van der Waals surface area contributed by atoms with Gasteiger partial charge in [-0.3, -0.25) is 24.2 Å². The van der Waals surface area contributed by atoms with Crippen LogP contribution < -0.4 is 9.80 Å². The zero-order chi connectivity index (χ0) is 53.0. The van der Waals surface area contributed by atoms with E-state index in [4.69, 9.17) is 59.4 Å². The molecule has 0 bridgehead atoms. The number of nitrogens with zero attached hydrogens (tertiary/aromatic N) is 2. The minimum absolute atomic E-state index is 0.0114. The largest absolute Gasteiger partial charge is 0.462 e. The Morgan fingerprint density at radius 3 is 1.73 bits per heavy atom. The second kappa shape index (κ2) is 25.7. The van der Waals surface area contributed by atoms with Gasteiger partial charge < -0.3 is 28.4 Å². The van der Waals surface area contributed by atoms with Crippen LogP contribution in [0.2, 0.25) is 0 Å². The Balaban J connectivity index is 0.000000177. The van der Waals surface area contributed by atoms with Gasteiger partial charge in [-0.15, -0.1) is 0 Å². The highest BCUT2D eigenvalue weighted by Crippen LogP contribution is 2.54. The first-order valence-electron chi connectivity index (χ1n) is 25.7. The molecule has 3 aliphatic carbocycles. The zero-order valence-electron chi connectivity index (χ0n) is 42.6. The van der Waals surface area contributed by atoms with Crippen LogP contribution in [-0.2, 0) is 47.6 Å². The zero-order valence-corrected chi connectivity index (χ0v) is 42.6. The van der Waals surface area contributed by atoms with Crippen LogP contribution in [-0.4, -0.2) is 125 Å². The summed E-state index contributed by atoms with van der Waals surface area (Å²) < 4.78 is 34.6. The van der Waals surface area contributed by atoms with Gasteiger partial charge in [-0.25, -0.2) is 4.79 Å². The van der Waals surface area contributed by atoms with Crippen LogP contribution in [0.3, 0.4) is 0 Å². The van der Waals surface area contributed by atoms with Crippen molar-refractivity contribution in [3.05, 3.63) is 169 Å². The lowest BCUT2D eigenvalue weighted by Gasteiger charge is -2.46. The molecule has 0 N–H and O–H groups in total. The van der Waals surface area contributed by atoms with E-state index in [0.717, 1.165) is 59.6 Å². The van der Waals surface area contributed by atoms with Crippen LogP contribution in [0.5, 0.6) is 0 Å². The van der Waals surface area contributed by atoms with Crippen molar-refractivity contribution in [3.8, 4) is 0 Å². The number of hydrogen-bond donors (Lipinski definition) is 0. The third-order valence-corrected chi connectivity index (χ3v) is 14.3. The van der Waals surface area contributed by atoms with Crippen molar-refractivity contribution < 1.29 is 47.6 Å². The molecule has 19 heteroatoms. The molecule has 4 fully saturated rings. The minimum Gasteiger partial charge on any atom is -0.462 e. The number of esters is 2. The standard InChI is InChI=1S/2C28H29NO5.B7/c1-18-24-23(27(31)34-18)16-19-17-28(32-14-15-33-28)13-12-22(19)25(24)26(30)29(20-8-4-2-5-9-20)21-10-6-3-7-11-21;1-22(34-27(31)17-15-23-9-8-18-28(21-23)32-19-20-33-28)14-16-26(30)29(24-10-4-2-5-11-24)25-12-6-3-7-13-25;1-5-7(4)6(2)3/h2-11,16,18,22-25H,12-15,17H2,1H3;2-7,9-17,22H,8,18-21H2,1H3;/b;16-14-,17-15+;/t18?,22-,23-,24-,25+;22-;/m11./s1. The summed E-state index contributed by atoms with van der Waals surface area (Å²) in [4.78, 5) is 56.1. The van der Waals surface area contributed by atoms with Gasteiger partial charge in [0.05, 0.1) is 38.3 Å². The SMILES string of the molecule is CC1OC(=O)[C@@H]2C=C3CC4(CC[C@H]3[C@H](C(=O)N(c3ccccc3)c3ccccc3)[C@H]12)OCCO4.C[C@H](/C=C\C(=O)N(c1ccccc1)c1ccccc1)OC(=O)/C=C/C1=CCCC2(C1)OCCO2.[B][B]B([B])B([B])[B]. The quantitative estimate of drug-likeness (QED) is 0.0622. The van der Waals surface area contributed by atoms with Crippen LogP contribution in [0.15, 0.2) is 169 Å². The Morgan fingerprint density at radius 2 is 1.24 bits per heavy atom. The number of carbonyl (C=O) groups is 4. The molecule has 12 nitrogen and oxygen atoms in total. The molecule has 1 unspecified atom stereocenters. The maximum absolute atomic E-state index is 14.5. The second-order valence-corrected chi connectivity index (χ2v) is 19.4. The van der Waals surface area contributed by atoms with Crippen molar-refractivity contribution in [2.45, 2.75) is 76.2 Å². The van der Waals surface area contributed by atoms with Gasteiger partial charge in [0.2, 0.25) is 5.91 Å². The van der Waals surface area contributed by atoms with Gasteiger partial charge in [-0.2, -0.15) is 0 Å². The van der Waals surface area contributed by atoms with Crippen LogP contribution in [0, 0.1) is 23.7 Å². The lowest BCUT2D eigenvalue weighted by atomic mass is 8.76. The number of carbonyl (C=O) groups excluding carboxylic acids is 4. The third-order valence-electron chi connectivity index (χ3n) is 14.3. The Hall–Kier alpha value is -5.99. The van der Waals surface area contributed by atoms with Crippen molar-refractivity contribution in [1.82, 2.24) is 0 Å². The fourth-order valence-electron chi connectivity index (χ4n) is 10.7. The average Bonchev–Trinajstić information content (AvgIpc) is 4.16. The van der Waals surface area contributed by atoms with E-state index in [1.807, 2.05) is 133 Å². The van der Waals surface area contributed by atoms with E-state index >= 15 is 0 Å². The fraction of sp³-hybridized carbons (Fsp3) is 0.357. The number of rotatable bonds is 12. The molecule has 3 heterocycles. The molecule has 373 valence electrons. The molecule has 4 aromatic rings. The number of allylic oxidation sites excluding steroid dienone is 2. The summed E-state index contributed by atoms with van der Waals surface area (Å²) in [5, 5.41) is 0. The van der Waals surface area contributed by atoms with Gasteiger partial charge in [-0.1, -0.05) is 96.6 Å². The number of anilines is 4. The topological polar surface area (TPSA) is 130 Å². The molecular weight excluding hydrogens is 936 g/mol. The lowest BCUT2D eigenvalue weighted by Crippen LogP contribution is -2.50. The van der Waals surface area contributed by atoms with Crippen molar-refractivity contribution >= 4 is 97.3 Å². The van der Waals surface area contributed by atoms with Crippen molar-refractivity contribution in [2.24, 2.45) is 23.7 Å². The molecule has 1 saturated carbocycles. The Kier molecular flexibility index (Phi) is 18.9. The Morgan fingerprint density at radius 1 is 0.733 bits per heavy atom. The van der Waals surface area contributed by atoms with Crippen LogP contribution in [0.4, 0.5) is 22.7 Å². The van der Waals surface area contributed by atoms with E-state index in [1.54, 1.807) is 24.0 Å². The van der Waals surface area contributed by atoms with Crippen molar-refractivity contribution in [3.63, 3.8) is 0 Å². The molecule has 3 saturated heterocycles. The number of cyclic esters (lactones) is 1. The van der Waals surface area contributed by atoms with Gasteiger partial charge in [0.25, 0.3) is 5.91 Å². The number of fused-ring (bicyclic) bond motifs is 2.